The predicted octanol–water partition coefficient (Wildman–Crippen LogP) is 2.98. The third-order valence-corrected chi connectivity index (χ3v) is 3.95. The van der Waals surface area contributed by atoms with E-state index in [2.05, 4.69) is 6.92 Å². The van der Waals surface area contributed by atoms with Gasteiger partial charge in [0.15, 0.2) is 5.78 Å². The number of halogens is 2. The van der Waals surface area contributed by atoms with Crippen LogP contribution < -0.4 is 5.73 Å². The third-order valence-electron chi connectivity index (χ3n) is 3.95. The van der Waals surface area contributed by atoms with Gasteiger partial charge in [-0.25, -0.2) is 8.78 Å². The van der Waals surface area contributed by atoms with E-state index in [4.69, 9.17) is 5.73 Å². The second-order valence-electron chi connectivity index (χ2n) is 5.69. The van der Waals surface area contributed by atoms with Gasteiger partial charge in [-0.2, -0.15) is 0 Å². The van der Waals surface area contributed by atoms with E-state index in [9.17, 15) is 13.6 Å². The van der Waals surface area contributed by atoms with Gasteiger partial charge in [0.2, 0.25) is 0 Å². The van der Waals surface area contributed by atoms with Crippen molar-refractivity contribution in [1.82, 2.24) is 0 Å². The van der Waals surface area contributed by atoms with Crippen molar-refractivity contribution in [3.8, 4) is 0 Å². The Bertz CT molecular complexity index is 489. The van der Waals surface area contributed by atoms with E-state index in [-0.39, 0.29) is 17.8 Å². The Morgan fingerprint density at radius 3 is 2.84 bits per heavy atom. The van der Waals surface area contributed by atoms with Gasteiger partial charge < -0.3 is 5.73 Å². The van der Waals surface area contributed by atoms with E-state index < -0.39 is 17.2 Å². The first-order valence-corrected chi connectivity index (χ1v) is 6.67. The summed E-state index contributed by atoms with van der Waals surface area (Å²) in [5.74, 6) is -1.05. The number of hydrogen-bond acceptors (Lipinski definition) is 2. The molecule has 2 N–H and O–H groups in total. The molecular formula is C15H19F2NO. The minimum absolute atomic E-state index is 0.0602. The molecule has 1 aromatic carbocycles. The van der Waals surface area contributed by atoms with Crippen LogP contribution in [0.2, 0.25) is 0 Å². The normalized spacial score (nSPS) is 27.3. The molecule has 0 aromatic heterocycles. The summed E-state index contributed by atoms with van der Waals surface area (Å²) in [6, 6.07) is 3.28. The van der Waals surface area contributed by atoms with Crippen LogP contribution in [0.15, 0.2) is 18.2 Å². The molecule has 4 heteroatoms. The van der Waals surface area contributed by atoms with Crippen molar-refractivity contribution in [2.75, 3.05) is 0 Å². The molecule has 0 heterocycles. The van der Waals surface area contributed by atoms with Crippen molar-refractivity contribution in [1.29, 1.82) is 0 Å². The molecule has 1 aliphatic carbocycles. The van der Waals surface area contributed by atoms with Gasteiger partial charge in [-0.3, -0.25) is 4.79 Å². The van der Waals surface area contributed by atoms with Crippen molar-refractivity contribution >= 4 is 5.78 Å². The highest BCUT2D eigenvalue weighted by Gasteiger charge is 2.37. The monoisotopic (exact) mass is 267 g/mol. The van der Waals surface area contributed by atoms with Crippen molar-refractivity contribution in [3.05, 3.63) is 35.4 Å². The molecule has 2 unspecified atom stereocenters. The van der Waals surface area contributed by atoms with Gasteiger partial charge in [0.25, 0.3) is 0 Å². The molecule has 19 heavy (non-hydrogen) atoms. The van der Waals surface area contributed by atoms with Gasteiger partial charge in [-0.05, 0) is 30.4 Å². The molecule has 104 valence electrons. The maximum absolute atomic E-state index is 13.5. The summed E-state index contributed by atoms with van der Waals surface area (Å²) < 4.78 is 26.4. The van der Waals surface area contributed by atoms with Crippen LogP contribution in [0.5, 0.6) is 0 Å². The lowest BCUT2D eigenvalue weighted by atomic mass is 9.73. The number of carbonyl (C=O) groups excluding carboxylic acids is 1. The van der Waals surface area contributed by atoms with E-state index in [0.717, 1.165) is 18.9 Å². The van der Waals surface area contributed by atoms with Crippen LogP contribution in [0.4, 0.5) is 8.78 Å². The first-order valence-electron chi connectivity index (χ1n) is 6.67. The van der Waals surface area contributed by atoms with E-state index in [1.807, 2.05) is 0 Å². The third kappa shape index (κ3) is 3.18. The highest BCUT2D eigenvalue weighted by Crippen LogP contribution is 2.32. The zero-order valence-corrected chi connectivity index (χ0v) is 11.1. The number of carbonyl (C=O) groups is 1. The molecule has 2 rings (SSSR count). The quantitative estimate of drug-likeness (QED) is 0.915. The fourth-order valence-corrected chi connectivity index (χ4v) is 2.86. The Morgan fingerprint density at radius 1 is 1.47 bits per heavy atom. The second kappa shape index (κ2) is 5.37. The van der Waals surface area contributed by atoms with Crippen LogP contribution in [-0.4, -0.2) is 11.3 Å². The topological polar surface area (TPSA) is 43.1 Å². The smallest absolute Gasteiger partial charge is 0.157 e. The molecule has 0 bridgehead atoms. The van der Waals surface area contributed by atoms with Crippen LogP contribution in [-0.2, 0) is 11.2 Å². The van der Waals surface area contributed by atoms with Gasteiger partial charge in [-0.15, -0.1) is 0 Å². The average Bonchev–Trinajstić information content (AvgIpc) is 2.32. The van der Waals surface area contributed by atoms with Crippen molar-refractivity contribution in [2.45, 2.75) is 44.6 Å². The van der Waals surface area contributed by atoms with E-state index in [1.165, 1.54) is 12.1 Å². The van der Waals surface area contributed by atoms with Gasteiger partial charge >= 0.3 is 0 Å². The van der Waals surface area contributed by atoms with Gasteiger partial charge in [0.1, 0.15) is 11.6 Å². The van der Waals surface area contributed by atoms with Crippen LogP contribution in [0.1, 0.15) is 38.2 Å². The number of benzene rings is 1. The summed E-state index contributed by atoms with van der Waals surface area (Å²) in [6.45, 7) is 2.08. The second-order valence-corrected chi connectivity index (χ2v) is 5.69. The molecule has 0 amide bonds. The van der Waals surface area contributed by atoms with Crippen LogP contribution in [0.25, 0.3) is 0 Å². The summed E-state index contributed by atoms with van der Waals surface area (Å²) in [7, 11) is 0. The lowest BCUT2D eigenvalue weighted by Gasteiger charge is -2.35. The standard InChI is InChI=1S/C15H19F2NO/c1-10-3-2-6-15(18,9-10)14(19)7-11-4-5-12(16)8-13(11)17/h4-5,8,10H,2-3,6-7,9,18H2,1H3. The van der Waals surface area contributed by atoms with E-state index in [1.54, 1.807) is 0 Å². The summed E-state index contributed by atoms with van der Waals surface area (Å²) in [5.41, 5.74) is 5.54. The Balaban J connectivity index is 2.12. The zero-order valence-electron chi connectivity index (χ0n) is 11.1. The average molecular weight is 267 g/mol. The lowest BCUT2D eigenvalue weighted by molar-refractivity contribution is -0.125. The minimum atomic E-state index is -0.849. The van der Waals surface area contributed by atoms with Crippen LogP contribution >= 0.6 is 0 Å². The van der Waals surface area contributed by atoms with E-state index in [0.29, 0.717) is 18.8 Å². The minimum Gasteiger partial charge on any atom is -0.319 e. The highest BCUT2D eigenvalue weighted by molar-refractivity contribution is 5.90. The Hall–Kier alpha value is -1.29. The summed E-state index contributed by atoms with van der Waals surface area (Å²) in [4.78, 5) is 12.3. The molecule has 0 saturated heterocycles. The number of hydrogen-bond donors (Lipinski definition) is 1. The van der Waals surface area contributed by atoms with Crippen LogP contribution in [0.3, 0.4) is 0 Å². The maximum atomic E-state index is 13.5. The number of nitrogens with two attached hydrogens (primary N) is 1. The van der Waals surface area contributed by atoms with Crippen LogP contribution in [0, 0.1) is 17.6 Å². The molecule has 1 aliphatic rings. The van der Waals surface area contributed by atoms with Crippen molar-refractivity contribution in [2.24, 2.45) is 11.7 Å². The molecule has 0 spiro atoms. The summed E-state index contributed by atoms with van der Waals surface area (Å²) in [6.07, 6.45) is 3.25. The summed E-state index contributed by atoms with van der Waals surface area (Å²) in [5, 5.41) is 0. The van der Waals surface area contributed by atoms with E-state index >= 15 is 0 Å². The van der Waals surface area contributed by atoms with Crippen molar-refractivity contribution < 1.29 is 13.6 Å². The highest BCUT2D eigenvalue weighted by atomic mass is 19.1. The molecule has 1 fully saturated rings. The molecule has 0 radical (unpaired) electrons. The maximum Gasteiger partial charge on any atom is 0.157 e. The fourth-order valence-electron chi connectivity index (χ4n) is 2.86. The Kier molecular flexibility index (Phi) is 3.99. The lowest BCUT2D eigenvalue weighted by Crippen LogP contribution is -2.51. The van der Waals surface area contributed by atoms with Gasteiger partial charge in [0.05, 0.1) is 5.54 Å². The number of ketones is 1. The fraction of sp³-hybridized carbons (Fsp3) is 0.533. The predicted molar refractivity (Wildman–Crippen MR) is 69.6 cm³/mol. The Labute approximate surface area is 112 Å². The first-order chi connectivity index (χ1) is 8.90. The Morgan fingerprint density at radius 2 is 2.21 bits per heavy atom. The largest absolute Gasteiger partial charge is 0.319 e. The van der Waals surface area contributed by atoms with Gasteiger partial charge in [0, 0.05) is 12.5 Å². The SMILES string of the molecule is CC1CCCC(N)(C(=O)Cc2ccc(F)cc2F)C1. The zero-order chi connectivity index (χ0) is 14.0. The number of Topliss-reactive ketones (excluding diaryl/α,β-unsaturated/α-hetero) is 1. The van der Waals surface area contributed by atoms with Gasteiger partial charge in [-0.1, -0.05) is 25.8 Å². The van der Waals surface area contributed by atoms with Crippen molar-refractivity contribution in [3.63, 3.8) is 0 Å². The summed E-state index contributed by atoms with van der Waals surface area (Å²) >= 11 is 0. The molecule has 1 aromatic rings. The molecule has 2 nitrogen and oxygen atoms in total. The molecule has 0 aliphatic heterocycles. The molecular weight excluding hydrogens is 248 g/mol. The first kappa shape index (κ1) is 14.1. The molecule has 1 saturated carbocycles. The number of rotatable bonds is 3. The molecule has 2 atom stereocenters.